The fraction of sp³-hybridized carbons (Fsp3) is 1.00. The third kappa shape index (κ3) is 0.717. The summed E-state index contributed by atoms with van der Waals surface area (Å²) in [4.78, 5) is 0. The Morgan fingerprint density at radius 3 is 2.00 bits per heavy atom. The topological polar surface area (TPSA) is 58.7 Å². The van der Waals surface area contributed by atoms with Crippen molar-refractivity contribution in [3.8, 4) is 0 Å². The van der Waals surface area contributed by atoms with Crippen LogP contribution in [0.4, 0.5) is 0 Å². The van der Waals surface area contributed by atoms with E-state index in [0.717, 1.165) is 0 Å². The summed E-state index contributed by atoms with van der Waals surface area (Å²) in [5.41, 5.74) is 0. The molecule has 0 saturated heterocycles. The second-order valence-corrected chi connectivity index (χ2v) is 1.52. The van der Waals surface area contributed by atoms with Crippen molar-refractivity contribution in [1.82, 2.24) is 0 Å². The minimum Gasteiger partial charge on any atom is -0.337 e. The first-order valence-electron chi connectivity index (χ1n) is 2.16. The van der Waals surface area contributed by atoms with Gasteiger partial charge < -0.3 is 4.74 Å². The number of rotatable bonds is 1. The summed E-state index contributed by atoms with van der Waals surface area (Å²) in [5, 5.41) is 13.6. The van der Waals surface area contributed by atoms with Crippen molar-refractivity contribution in [3.05, 3.63) is 0 Å². The normalized spacial score (nSPS) is 22.2. The van der Waals surface area contributed by atoms with Crippen LogP contribution in [0.1, 0.15) is 6.92 Å². The maximum Gasteiger partial charge on any atom is 0.294 e. The molecule has 1 rings (SSSR count). The lowest BCUT2D eigenvalue weighted by Gasteiger charge is -2.08. The number of nitrogens with zero attached hydrogens (tertiary/aromatic N) is 4. The Kier molecular flexibility index (Phi) is 1.05. The van der Waals surface area contributed by atoms with E-state index in [1.54, 1.807) is 6.92 Å². The Morgan fingerprint density at radius 2 is 1.75 bits per heavy atom. The quantitative estimate of drug-likeness (QED) is 0.504. The molecule has 44 valence electrons. The van der Waals surface area contributed by atoms with Gasteiger partial charge in [-0.05, 0) is 10.4 Å². The number of methoxy groups -OCH3 is 1. The minimum absolute atomic E-state index is 0.847. The fourth-order valence-electron chi connectivity index (χ4n) is 0.308. The van der Waals surface area contributed by atoms with E-state index in [2.05, 4.69) is 20.7 Å². The fourth-order valence-corrected chi connectivity index (χ4v) is 0.308. The van der Waals surface area contributed by atoms with E-state index in [0.29, 0.717) is 0 Å². The molecule has 0 unspecified atom stereocenters. The summed E-state index contributed by atoms with van der Waals surface area (Å²) < 4.78 is 4.78. The lowest BCUT2D eigenvalue weighted by Crippen LogP contribution is -2.17. The molecular formula is C3H6N4O. The van der Waals surface area contributed by atoms with E-state index < -0.39 is 5.85 Å². The Bertz CT molecular complexity index is 128. The molecule has 0 radical (unpaired) electrons. The van der Waals surface area contributed by atoms with Crippen LogP contribution < -0.4 is 0 Å². The zero-order valence-electron chi connectivity index (χ0n) is 4.70. The summed E-state index contributed by atoms with van der Waals surface area (Å²) in [6.07, 6.45) is 0. The molecule has 0 aliphatic carbocycles. The van der Waals surface area contributed by atoms with Crippen molar-refractivity contribution in [2.45, 2.75) is 12.8 Å². The van der Waals surface area contributed by atoms with Crippen LogP contribution in [0.2, 0.25) is 0 Å². The van der Waals surface area contributed by atoms with Crippen LogP contribution in [0.15, 0.2) is 20.7 Å². The molecule has 5 nitrogen and oxygen atoms in total. The summed E-state index contributed by atoms with van der Waals surface area (Å²) in [6.45, 7) is 1.67. The van der Waals surface area contributed by atoms with Gasteiger partial charge in [-0.15, -0.1) is 10.2 Å². The van der Waals surface area contributed by atoms with E-state index in [4.69, 9.17) is 4.74 Å². The zero-order valence-corrected chi connectivity index (χ0v) is 4.70. The van der Waals surface area contributed by atoms with Gasteiger partial charge in [-0.25, -0.2) is 0 Å². The molecule has 1 aliphatic rings. The summed E-state index contributed by atoms with van der Waals surface area (Å²) in [5.74, 6) is -0.847. The molecule has 0 amide bonds. The molecule has 0 spiro atoms. The number of hydrogen-bond acceptors (Lipinski definition) is 5. The highest BCUT2D eigenvalue weighted by molar-refractivity contribution is 4.64. The minimum atomic E-state index is -0.847. The van der Waals surface area contributed by atoms with Gasteiger partial charge in [0.05, 0.1) is 0 Å². The molecule has 0 aromatic carbocycles. The molecule has 0 atom stereocenters. The molecule has 0 bridgehead atoms. The van der Waals surface area contributed by atoms with Gasteiger partial charge in [0.2, 0.25) is 0 Å². The predicted molar refractivity (Wildman–Crippen MR) is 25.1 cm³/mol. The van der Waals surface area contributed by atoms with Gasteiger partial charge in [-0.3, -0.25) is 0 Å². The summed E-state index contributed by atoms with van der Waals surface area (Å²) >= 11 is 0. The maximum absolute atomic E-state index is 4.78. The average Bonchev–Trinajstić information content (AvgIpc) is 2.17. The van der Waals surface area contributed by atoms with Crippen molar-refractivity contribution in [3.63, 3.8) is 0 Å². The summed E-state index contributed by atoms with van der Waals surface area (Å²) in [7, 11) is 1.50. The zero-order chi connectivity index (χ0) is 6.04. The first kappa shape index (κ1) is 5.30. The molecule has 0 fully saturated rings. The highest BCUT2D eigenvalue weighted by Crippen LogP contribution is 2.18. The van der Waals surface area contributed by atoms with Crippen LogP contribution >= 0.6 is 0 Å². The number of hydrogen-bond donors (Lipinski definition) is 0. The maximum atomic E-state index is 4.78. The van der Waals surface area contributed by atoms with E-state index >= 15 is 0 Å². The van der Waals surface area contributed by atoms with Crippen molar-refractivity contribution >= 4 is 0 Å². The predicted octanol–water partition coefficient (Wildman–Crippen LogP) is 1.14. The molecule has 8 heavy (non-hydrogen) atoms. The molecule has 5 heteroatoms. The van der Waals surface area contributed by atoms with Gasteiger partial charge in [-0.1, -0.05) is 0 Å². The second kappa shape index (κ2) is 1.59. The molecular weight excluding hydrogens is 108 g/mol. The number of ether oxygens (including phenoxy) is 1. The Labute approximate surface area is 46.4 Å². The highest BCUT2D eigenvalue weighted by Gasteiger charge is 2.24. The molecule has 0 N–H and O–H groups in total. The first-order valence-corrected chi connectivity index (χ1v) is 2.16. The van der Waals surface area contributed by atoms with Crippen molar-refractivity contribution in [1.29, 1.82) is 0 Å². The average molecular weight is 114 g/mol. The third-order valence-corrected chi connectivity index (χ3v) is 0.887. The first-order chi connectivity index (χ1) is 3.77. The van der Waals surface area contributed by atoms with Crippen molar-refractivity contribution < 1.29 is 4.74 Å². The standard InChI is InChI=1S/C3H6N4O/c1-3(8-2)4-6-7-5-3/h1-2H3. The van der Waals surface area contributed by atoms with E-state index in [1.807, 2.05) is 0 Å². The summed E-state index contributed by atoms with van der Waals surface area (Å²) in [6, 6.07) is 0. The third-order valence-electron chi connectivity index (χ3n) is 0.887. The van der Waals surface area contributed by atoms with Gasteiger partial charge in [0, 0.05) is 14.0 Å². The van der Waals surface area contributed by atoms with Crippen molar-refractivity contribution in [2.75, 3.05) is 7.11 Å². The van der Waals surface area contributed by atoms with Gasteiger partial charge in [0.25, 0.3) is 5.85 Å². The molecule has 1 heterocycles. The second-order valence-electron chi connectivity index (χ2n) is 1.52. The van der Waals surface area contributed by atoms with Crippen LogP contribution in [-0.4, -0.2) is 13.0 Å². The van der Waals surface area contributed by atoms with Gasteiger partial charge in [0.1, 0.15) is 0 Å². The molecule has 0 aromatic heterocycles. The van der Waals surface area contributed by atoms with Gasteiger partial charge in [0.15, 0.2) is 0 Å². The highest BCUT2D eigenvalue weighted by atomic mass is 16.5. The largest absolute Gasteiger partial charge is 0.337 e. The molecule has 0 saturated carbocycles. The monoisotopic (exact) mass is 114 g/mol. The van der Waals surface area contributed by atoms with Gasteiger partial charge >= 0.3 is 0 Å². The van der Waals surface area contributed by atoms with Crippen LogP contribution in [-0.2, 0) is 4.74 Å². The Hall–Kier alpha value is -0.840. The Balaban J connectivity index is 2.69. The SMILES string of the molecule is COC1(C)N=NN=N1. The van der Waals surface area contributed by atoms with E-state index in [1.165, 1.54) is 7.11 Å². The lowest BCUT2D eigenvalue weighted by molar-refractivity contribution is 0.0194. The van der Waals surface area contributed by atoms with Crippen LogP contribution in [0, 0.1) is 0 Å². The van der Waals surface area contributed by atoms with Crippen LogP contribution in [0.3, 0.4) is 0 Å². The van der Waals surface area contributed by atoms with Crippen LogP contribution in [0.5, 0.6) is 0 Å². The van der Waals surface area contributed by atoms with Gasteiger partial charge in [-0.2, -0.15) is 0 Å². The van der Waals surface area contributed by atoms with E-state index in [-0.39, 0.29) is 0 Å². The van der Waals surface area contributed by atoms with E-state index in [9.17, 15) is 0 Å². The Morgan fingerprint density at radius 1 is 1.25 bits per heavy atom. The van der Waals surface area contributed by atoms with Crippen molar-refractivity contribution in [2.24, 2.45) is 20.7 Å². The molecule has 0 aromatic rings. The smallest absolute Gasteiger partial charge is 0.294 e. The van der Waals surface area contributed by atoms with Crippen LogP contribution in [0.25, 0.3) is 0 Å². The lowest BCUT2D eigenvalue weighted by atomic mass is 10.5. The molecule has 1 aliphatic heterocycles.